The number of piperidine rings is 1. The third-order valence-electron chi connectivity index (χ3n) is 4.26. The fourth-order valence-corrected chi connectivity index (χ4v) is 3.24. The molecule has 0 N–H and O–H groups in total. The van der Waals surface area contributed by atoms with Crippen molar-refractivity contribution in [3.63, 3.8) is 0 Å². The van der Waals surface area contributed by atoms with E-state index in [9.17, 15) is 0 Å². The topological polar surface area (TPSA) is 3.24 Å². The summed E-state index contributed by atoms with van der Waals surface area (Å²) < 4.78 is 0. The summed E-state index contributed by atoms with van der Waals surface area (Å²) in [4.78, 5) is 2.41. The second kappa shape index (κ2) is 5.99. The lowest BCUT2D eigenvalue weighted by molar-refractivity contribution is 0.255. The number of nitrogens with zero attached hydrogens (tertiary/aromatic N) is 1. The quantitative estimate of drug-likeness (QED) is 0.765. The zero-order valence-electron chi connectivity index (χ0n) is 11.8. The Bertz CT molecular complexity index is 585. The first-order valence-corrected chi connectivity index (χ1v) is 7.65. The van der Waals surface area contributed by atoms with Gasteiger partial charge in [-0.25, -0.2) is 0 Å². The van der Waals surface area contributed by atoms with E-state index in [1.54, 1.807) is 0 Å². The molecule has 0 aromatic heterocycles. The summed E-state index contributed by atoms with van der Waals surface area (Å²) in [5, 5.41) is 0.827. The first-order valence-electron chi connectivity index (χ1n) is 7.27. The van der Waals surface area contributed by atoms with Crippen molar-refractivity contribution in [3.8, 4) is 11.1 Å². The molecule has 1 aliphatic rings. The second-order valence-corrected chi connectivity index (χ2v) is 6.09. The normalized spacial score (nSPS) is 17.3. The van der Waals surface area contributed by atoms with Crippen LogP contribution >= 0.6 is 11.6 Å². The van der Waals surface area contributed by atoms with Crippen LogP contribution in [0.1, 0.15) is 24.3 Å². The van der Waals surface area contributed by atoms with Crippen LogP contribution in [0.3, 0.4) is 0 Å². The number of hydrogen-bond acceptors (Lipinski definition) is 1. The van der Waals surface area contributed by atoms with E-state index in [1.165, 1.54) is 37.1 Å². The Morgan fingerprint density at radius 2 is 1.75 bits per heavy atom. The van der Waals surface area contributed by atoms with Crippen LogP contribution in [0.15, 0.2) is 48.5 Å². The summed E-state index contributed by atoms with van der Waals surface area (Å²) in [6, 6.07) is 17.0. The maximum absolute atomic E-state index is 6.31. The van der Waals surface area contributed by atoms with Crippen LogP contribution in [0, 0.1) is 0 Å². The van der Waals surface area contributed by atoms with E-state index in [4.69, 9.17) is 11.6 Å². The molecule has 2 heteroatoms. The predicted octanol–water partition coefficient (Wildman–Crippen LogP) is 4.82. The van der Waals surface area contributed by atoms with Gasteiger partial charge in [0.2, 0.25) is 0 Å². The zero-order chi connectivity index (χ0) is 13.9. The standard InChI is InChI=1S/C18H20ClN/c1-20-11-9-14(10-12-20)15-5-4-6-16(13-15)17-7-2-3-8-18(17)19/h2-8,13-14H,9-12H2,1H3. The lowest BCUT2D eigenvalue weighted by atomic mass is 9.88. The van der Waals surface area contributed by atoms with Crippen molar-refractivity contribution >= 4 is 11.6 Å². The fraction of sp³-hybridized carbons (Fsp3) is 0.333. The largest absolute Gasteiger partial charge is 0.306 e. The molecule has 1 heterocycles. The highest BCUT2D eigenvalue weighted by atomic mass is 35.5. The number of likely N-dealkylation sites (tertiary alicyclic amines) is 1. The molecule has 104 valence electrons. The molecule has 0 saturated carbocycles. The number of rotatable bonds is 2. The second-order valence-electron chi connectivity index (χ2n) is 5.68. The van der Waals surface area contributed by atoms with Crippen molar-refractivity contribution in [1.29, 1.82) is 0 Å². The molecule has 1 nitrogen and oxygen atoms in total. The van der Waals surface area contributed by atoms with Crippen LogP contribution in [0.25, 0.3) is 11.1 Å². The molecule has 0 unspecified atom stereocenters. The lowest BCUT2D eigenvalue weighted by Gasteiger charge is -2.29. The number of hydrogen-bond donors (Lipinski definition) is 0. The highest BCUT2D eigenvalue weighted by Gasteiger charge is 2.18. The van der Waals surface area contributed by atoms with Gasteiger partial charge < -0.3 is 4.90 Å². The maximum Gasteiger partial charge on any atom is 0.0484 e. The van der Waals surface area contributed by atoms with Gasteiger partial charge in [0, 0.05) is 10.6 Å². The smallest absolute Gasteiger partial charge is 0.0484 e. The van der Waals surface area contributed by atoms with Crippen molar-refractivity contribution in [2.45, 2.75) is 18.8 Å². The molecule has 0 aliphatic carbocycles. The Hall–Kier alpha value is -1.31. The van der Waals surface area contributed by atoms with Gasteiger partial charge in [-0.1, -0.05) is 54.1 Å². The van der Waals surface area contributed by atoms with E-state index in [1.807, 2.05) is 18.2 Å². The van der Waals surface area contributed by atoms with E-state index in [2.05, 4.69) is 42.3 Å². The van der Waals surface area contributed by atoms with E-state index < -0.39 is 0 Å². The van der Waals surface area contributed by atoms with Gasteiger partial charge in [-0.15, -0.1) is 0 Å². The van der Waals surface area contributed by atoms with E-state index >= 15 is 0 Å². The van der Waals surface area contributed by atoms with Crippen molar-refractivity contribution in [1.82, 2.24) is 4.90 Å². The van der Waals surface area contributed by atoms with E-state index in [-0.39, 0.29) is 0 Å². The Balaban J connectivity index is 1.88. The summed E-state index contributed by atoms with van der Waals surface area (Å²) in [6.07, 6.45) is 2.50. The maximum atomic E-state index is 6.31. The van der Waals surface area contributed by atoms with Crippen LogP contribution in [-0.4, -0.2) is 25.0 Å². The van der Waals surface area contributed by atoms with Crippen LogP contribution in [0.2, 0.25) is 5.02 Å². The minimum absolute atomic E-state index is 0.689. The van der Waals surface area contributed by atoms with Gasteiger partial charge in [-0.2, -0.15) is 0 Å². The summed E-state index contributed by atoms with van der Waals surface area (Å²) >= 11 is 6.31. The van der Waals surface area contributed by atoms with Gasteiger partial charge in [0.1, 0.15) is 0 Å². The Morgan fingerprint density at radius 3 is 2.50 bits per heavy atom. The third kappa shape index (κ3) is 2.89. The monoisotopic (exact) mass is 285 g/mol. The van der Waals surface area contributed by atoms with Gasteiger partial charge in [-0.05, 0) is 56.1 Å². The van der Waals surface area contributed by atoms with Gasteiger partial charge >= 0.3 is 0 Å². The number of halogens is 1. The molecule has 20 heavy (non-hydrogen) atoms. The molecule has 2 aromatic rings. The zero-order valence-corrected chi connectivity index (χ0v) is 12.6. The van der Waals surface area contributed by atoms with Crippen molar-refractivity contribution < 1.29 is 0 Å². The van der Waals surface area contributed by atoms with Crippen LogP contribution in [0.4, 0.5) is 0 Å². The molecule has 0 bridgehead atoms. The molecular formula is C18H20ClN. The lowest BCUT2D eigenvalue weighted by Crippen LogP contribution is -2.29. The molecule has 0 amide bonds. The fourth-order valence-electron chi connectivity index (χ4n) is 3.00. The summed E-state index contributed by atoms with van der Waals surface area (Å²) in [5.74, 6) is 0.689. The summed E-state index contributed by atoms with van der Waals surface area (Å²) in [7, 11) is 2.20. The Labute approximate surface area is 126 Å². The van der Waals surface area contributed by atoms with Crippen molar-refractivity contribution in [2.75, 3.05) is 20.1 Å². The third-order valence-corrected chi connectivity index (χ3v) is 4.59. The highest BCUT2D eigenvalue weighted by molar-refractivity contribution is 6.33. The molecule has 1 aliphatic heterocycles. The molecule has 2 aromatic carbocycles. The van der Waals surface area contributed by atoms with Gasteiger partial charge in [0.25, 0.3) is 0 Å². The van der Waals surface area contributed by atoms with Gasteiger partial charge in [0.05, 0.1) is 0 Å². The molecule has 3 rings (SSSR count). The summed E-state index contributed by atoms with van der Waals surface area (Å²) in [5.41, 5.74) is 3.81. The molecular weight excluding hydrogens is 266 g/mol. The van der Waals surface area contributed by atoms with E-state index in [0.717, 1.165) is 10.6 Å². The first kappa shape index (κ1) is 13.7. The van der Waals surface area contributed by atoms with Crippen molar-refractivity contribution in [2.24, 2.45) is 0 Å². The van der Waals surface area contributed by atoms with Gasteiger partial charge in [0.15, 0.2) is 0 Å². The first-order chi connectivity index (χ1) is 9.74. The predicted molar refractivity (Wildman–Crippen MR) is 86.4 cm³/mol. The van der Waals surface area contributed by atoms with Gasteiger partial charge in [-0.3, -0.25) is 0 Å². The highest BCUT2D eigenvalue weighted by Crippen LogP contribution is 2.32. The van der Waals surface area contributed by atoms with Crippen molar-refractivity contribution in [3.05, 3.63) is 59.1 Å². The minimum atomic E-state index is 0.689. The average Bonchev–Trinajstić information content (AvgIpc) is 2.49. The Kier molecular flexibility index (Phi) is 4.09. The van der Waals surface area contributed by atoms with Crippen LogP contribution in [0.5, 0.6) is 0 Å². The average molecular weight is 286 g/mol. The Morgan fingerprint density at radius 1 is 1.00 bits per heavy atom. The summed E-state index contributed by atoms with van der Waals surface area (Å²) in [6.45, 7) is 2.39. The molecule has 1 fully saturated rings. The van der Waals surface area contributed by atoms with E-state index in [0.29, 0.717) is 5.92 Å². The number of benzene rings is 2. The minimum Gasteiger partial charge on any atom is -0.306 e. The molecule has 0 atom stereocenters. The van der Waals surface area contributed by atoms with Crippen LogP contribution < -0.4 is 0 Å². The molecule has 0 spiro atoms. The SMILES string of the molecule is CN1CCC(c2cccc(-c3ccccc3Cl)c2)CC1. The van der Waals surface area contributed by atoms with Crippen LogP contribution in [-0.2, 0) is 0 Å². The molecule has 0 radical (unpaired) electrons. The molecule has 1 saturated heterocycles.